The Bertz CT molecular complexity index is 730. The van der Waals surface area contributed by atoms with Gasteiger partial charge in [0.2, 0.25) is 10.0 Å². The van der Waals surface area contributed by atoms with Crippen LogP contribution in [0.5, 0.6) is 5.75 Å². The van der Waals surface area contributed by atoms with Crippen molar-refractivity contribution < 1.29 is 27.5 Å². The van der Waals surface area contributed by atoms with Gasteiger partial charge in [0, 0.05) is 13.0 Å². The molecule has 0 spiro atoms. The lowest BCUT2D eigenvalue weighted by Gasteiger charge is -2.28. The van der Waals surface area contributed by atoms with Gasteiger partial charge in [-0.3, -0.25) is 9.52 Å². The first-order chi connectivity index (χ1) is 11.9. The molecule has 2 aliphatic rings. The van der Waals surface area contributed by atoms with Crippen molar-refractivity contribution >= 4 is 21.6 Å². The van der Waals surface area contributed by atoms with Gasteiger partial charge in [0.15, 0.2) is 12.4 Å². The minimum atomic E-state index is -3.44. The molecule has 2 unspecified atom stereocenters. The van der Waals surface area contributed by atoms with Crippen LogP contribution in [0.1, 0.15) is 31.2 Å². The molecule has 1 aromatic rings. The van der Waals surface area contributed by atoms with Crippen LogP contribution in [0, 0.1) is 0 Å². The molecule has 25 heavy (non-hydrogen) atoms. The molecule has 2 aliphatic heterocycles. The largest absolute Gasteiger partial charge is 0.478 e. The molecule has 9 heteroatoms. The number of hydrogen-bond donors (Lipinski definition) is 2. The third-order valence-corrected chi connectivity index (χ3v) is 4.64. The minimum absolute atomic E-state index is 0.328. The summed E-state index contributed by atoms with van der Waals surface area (Å²) >= 11 is 0. The van der Waals surface area contributed by atoms with Gasteiger partial charge in [-0.2, -0.15) is 0 Å². The van der Waals surface area contributed by atoms with Crippen LogP contribution >= 0.6 is 0 Å². The average molecular weight is 370 g/mol. The van der Waals surface area contributed by atoms with E-state index in [0.29, 0.717) is 30.9 Å². The normalized spacial score (nSPS) is 23.2. The fraction of sp³-hybridized carbons (Fsp3) is 0.562. The number of fused-ring (bicyclic) bond motifs is 1. The maximum atomic E-state index is 12.3. The summed E-state index contributed by atoms with van der Waals surface area (Å²) in [6.07, 6.45) is 3.69. The Morgan fingerprint density at radius 1 is 1.28 bits per heavy atom. The number of ether oxygens (including phenoxy) is 2. The maximum Gasteiger partial charge on any atom is 0.284 e. The van der Waals surface area contributed by atoms with E-state index in [1.54, 1.807) is 12.1 Å². The molecule has 2 atom stereocenters. The molecule has 0 aliphatic carbocycles. The number of hydrogen-bond acceptors (Lipinski definition) is 6. The molecular weight excluding hydrogens is 348 g/mol. The number of amides is 1. The zero-order valence-electron chi connectivity index (χ0n) is 14.0. The van der Waals surface area contributed by atoms with Gasteiger partial charge in [0.1, 0.15) is 5.75 Å². The first-order valence-corrected chi connectivity index (χ1v) is 10.1. The van der Waals surface area contributed by atoms with Crippen molar-refractivity contribution in [1.82, 2.24) is 5.48 Å². The highest BCUT2D eigenvalue weighted by Crippen LogP contribution is 2.35. The van der Waals surface area contributed by atoms with Crippen LogP contribution in [0.25, 0.3) is 0 Å². The monoisotopic (exact) mass is 370 g/mol. The minimum Gasteiger partial charge on any atom is -0.478 e. The van der Waals surface area contributed by atoms with Gasteiger partial charge in [-0.15, -0.1) is 0 Å². The molecule has 8 nitrogen and oxygen atoms in total. The Balaban J connectivity index is 1.64. The number of carbonyl (C=O) groups excluding carboxylic acids is 1. The number of sulfonamides is 1. The molecule has 138 valence electrons. The molecule has 0 aromatic heterocycles. The van der Waals surface area contributed by atoms with Crippen molar-refractivity contribution in [3.05, 3.63) is 23.8 Å². The van der Waals surface area contributed by atoms with Gasteiger partial charge in [-0.05, 0) is 37.3 Å². The molecule has 0 radical (unpaired) electrons. The van der Waals surface area contributed by atoms with E-state index in [1.165, 1.54) is 0 Å². The number of para-hydroxylation sites is 1. The van der Waals surface area contributed by atoms with Gasteiger partial charge in [0.25, 0.3) is 5.91 Å². The van der Waals surface area contributed by atoms with Crippen LogP contribution in [-0.2, 0) is 30.8 Å². The summed E-state index contributed by atoms with van der Waals surface area (Å²) in [6, 6.07) is 5.20. The Morgan fingerprint density at radius 2 is 2.12 bits per heavy atom. The lowest BCUT2D eigenvalue weighted by molar-refractivity contribution is -0.203. The van der Waals surface area contributed by atoms with Crippen LogP contribution in [0.4, 0.5) is 5.69 Å². The Kier molecular flexibility index (Phi) is 5.45. The lowest BCUT2D eigenvalue weighted by Crippen LogP contribution is -2.43. The lowest BCUT2D eigenvalue weighted by atomic mass is 10.0. The summed E-state index contributed by atoms with van der Waals surface area (Å²) in [6.45, 7) is 0.619. The summed E-state index contributed by atoms with van der Waals surface area (Å²) in [7, 11) is -3.44. The SMILES string of the molecule is CS(=O)(=O)Nc1cccc2c1OC(C(=O)NOC1CCCCO1)CC2. The molecule has 1 saturated heterocycles. The number of carbonyl (C=O) groups is 1. The second kappa shape index (κ2) is 7.59. The highest BCUT2D eigenvalue weighted by molar-refractivity contribution is 7.92. The van der Waals surface area contributed by atoms with Crippen LogP contribution in [0.2, 0.25) is 0 Å². The van der Waals surface area contributed by atoms with Gasteiger partial charge < -0.3 is 9.47 Å². The number of hydroxylamine groups is 1. The van der Waals surface area contributed by atoms with Crippen LogP contribution in [0.15, 0.2) is 18.2 Å². The smallest absolute Gasteiger partial charge is 0.284 e. The second-order valence-electron chi connectivity index (χ2n) is 6.19. The van der Waals surface area contributed by atoms with E-state index in [1.807, 2.05) is 6.07 Å². The van der Waals surface area contributed by atoms with E-state index in [9.17, 15) is 13.2 Å². The van der Waals surface area contributed by atoms with Crippen molar-refractivity contribution in [2.24, 2.45) is 0 Å². The predicted octanol–water partition coefficient (Wildman–Crippen LogP) is 1.33. The van der Waals surface area contributed by atoms with Crippen LogP contribution in [-0.4, -0.2) is 39.6 Å². The number of rotatable bonds is 5. The highest BCUT2D eigenvalue weighted by Gasteiger charge is 2.29. The summed E-state index contributed by atoms with van der Waals surface area (Å²) in [5.41, 5.74) is 3.58. The molecule has 3 rings (SSSR count). The van der Waals surface area contributed by atoms with Gasteiger partial charge >= 0.3 is 0 Å². The number of nitrogens with one attached hydrogen (secondary N) is 2. The Morgan fingerprint density at radius 3 is 2.84 bits per heavy atom. The summed E-state index contributed by atoms with van der Waals surface area (Å²) < 4.78 is 36.6. The van der Waals surface area contributed by atoms with Gasteiger partial charge in [0.05, 0.1) is 11.9 Å². The van der Waals surface area contributed by atoms with E-state index in [-0.39, 0.29) is 0 Å². The average Bonchev–Trinajstić information content (AvgIpc) is 2.59. The molecule has 1 aromatic carbocycles. The van der Waals surface area contributed by atoms with Crippen LogP contribution < -0.4 is 14.9 Å². The van der Waals surface area contributed by atoms with Crippen molar-refractivity contribution in [2.75, 3.05) is 17.6 Å². The van der Waals surface area contributed by atoms with Crippen molar-refractivity contribution in [3.8, 4) is 5.75 Å². The molecule has 1 fully saturated rings. The molecule has 2 N–H and O–H groups in total. The standard InChI is InChI=1S/C16H22N2O6S/c1-25(20,21)18-12-6-4-5-11-8-9-13(23-15(11)12)16(19)17-24-14-7-2-3-10-22-14/h4-6,13-14,18H,2-3,7-10H2,1H3,(H,17,19). The maximum absolute atomic E-state index is 12.3. The highest BCUT2D eigenvalue weighted by atomic mass is 32.2. The number of benzene rings is 1. The molecule has 0 saturated carbocycles. The predicted molar refractivity (Wildman–Crippen MR) is 90.5 cm³/mol. The summed E-state index contributed by atoms with van der Waals surface area (Å²) in [5, 5.41) is 0. The van der Waals surface area contributed by atoms with E-state index in [4.69, 9.17) is 14.3 Å². The fourth-order valence-corrected chi connectivity index (χ4v) is 3.43. The zero-order valence-corrected chi connectivity index (χ0v) is 14.8. The van der Waals surface area contributed by atoms with E-state index in [2.05, 4.69) is 10.2 Å². The van der Waals surface area contributed by atoms with Crippen molar-refractivity contribution in [1.29, 1.82) is 0 Å². The van der Waals surface area contributed by atoms with E-state index < -0.39 is 28.3 Å². The fourth-order valence-electron chi connectivity index (χ4n) is 2.87. The second-order valence-corrected chi connectivity index (χ2v) is 7.94. The zero-order chi connectivity index (χ0) is 17.9. The molecular formula is C16H22N2O6S. The Hall–Kier alpha value is -1.84. The number of aryl methyl sites for hydroxylation is 1. The topological polar surface area (TPSA) is 103 Å². The van der Waals surface area contributed by atoms with Gasteiger partial charge in [-0.25, -0.2) is 18.7 Å². The third-order valence-electron chi connectivity index (χ3n) is 4.05. The number of anilines is 1. The molecule has 2 heterocycles. The third kappa shape index (κ3) is 4.83. The summed E-state index contributed by atoms with van der Waals surface area (Å²) in [4.78, 5) is 17.6. The van der Waals surface area contributed by atoms with Gasteiger partial charge in [-0.1, -0.05) is 12.1 Å². The quantitative estimate of drug-likeness (QED) is 0.758. The van der Waals surface area contributed by atoms with E-state index >= 15 is 0 Å². The van der Waals surface area contributed by atoms with Crippen molar-refractivity contribution in [2.45, 2.75) is 44.5 Å². The molecule has 0 bridgehead atoms. The van der Waals surface area contributed by atoms with E-state index in [0.717, 1.165) is 31.1 Å². The summed E-state index contributed by atoms with van der Waals surface area (Å²) in [5.74, 6) is -0.0257. The molecule has 1 amide bonds. The Labute approximate surface area is 146 Å². The first-order valence-electron chi connectivity index (χ1n) is 8.26. The van der Waals surface area contributed by atoms with Crippen molar-refractivity contribution in [3.63, 3.8) is 0 Å². The first kappa shape index (κ1) is 18.0. The van der Waals surface area contributed by atoms with Crippen LogP contribution in [0.3, 0.4) is 0 Å².